The molecule has 0 spiro atoms. The van der Waals surface area contributed by atoms with E-state index in [1.165, 1.54) is 18.5 Å². The maximum absolute atomic E-state index is 11.8. The molecule has 2 aromatic rings. The summed E-state index contributed by atoms with van der Waals surface area (Å²) in [4.78, 5) is 22.5. The summed E-state index contributed by atoms with van der Waals surface area (Å²) in [7, 11) is 0. The first-order valence-electron chi connectivity index (χ1n) is 5.63. The molecule has 8 nitrogen and oxygen atoms in total. The smallest absolute Gasteiger partial charge is 0.328 e. The van der Waals surface area contributed by atoms with Crippen LogP contribution in [-0.4, -0.2) is 44.9 Å². The highest BCUT2D eigenvalue weighted by molar-refractivity contribution is 5.96. The molecule has 0 fully saturated rings. The molecule has 8 heteroatoms. The Labute approximate surface area is 113 Å². The average molecular weight is 277 g/mol. The molecule has 1 amide bonds. The number of carbonyl (C=O) groups is 2. The van der Waals surface area contributed by atoms with Crippen molar-refractivity contribution in [3.05, 3.63) is 36.2 Å². The highest BCUT2D eigenvalue weighted by atomic mass is 16.4. The molecule has 0 unspecified atom stereocenters. The Morgan fingerprint density at radius 1 is 1.30 bits per heavy atom. The summed E-state index contributed by atoms with van der Waals surface area (Å²) in [6.45, 7) is -0.679. The van der Waals surface area contributed by atoms with E-state index in [0.717, 1.165) is 0 Å². The zero-order valence-electron chi connectivity index (χ0n) is 10.2. The minimum atomic E-state index is -1.34. The fraction of sp³-hybridized carbons (Fsp3) is 0.167. The van der Waals surface area contributed by atoms with Crippen LogP contribution >= 0.6 is 0 Å². The molecule has 104 valence electrons. The van der Waals surface area contributed by atoms with Crippen LogP contribution in [0.4, 0.5) is 0 Å². The number of carbonyl (C=O) groups excluding carboxylic acids is 1. The summed E-state index contributed by atoms with van der Waals surface area (Å²) in [6.07, 6.45) is 1.19. The van der Waals surface area contributed by atoms with Gasteiger partial charge in [0.25, 0.3) is 5.91 Å². The summed E-state index contributed by atoms with van der Waals surface area (Å²) in [5, 5.41) is 27.0. The minimum absolute atomic E-state index is 0.257. The van der Waals surface area contributed by atoms with Crippen LogP contribution in [0.5, 0.6) is 0 Å². The number of benzene rings is 1. The predicted molar refractivity (Wildman–Crippen MR) is 65.7 cm³/mol. The first-order chi connectivity index (χ1) is 9.61. The van der Waals surface area contributed by atoms with E-state index < -0.39 is 24.5 Å². The molecule has 0 aliphatic rings. The normalized spacial score (nSPS) is 11.8. The third kappa shape index (κ3) is 2.98. The number of aliphatic carboxylic acids is 1. The lowest BCUT2D eigenvalue weighted by Crippen LogP contribution is -2.43. The number of aromatic nitrogens is 2. The lowest BCUT2D eigenvalue weighted by Gasteiger charge is -2.11. The van der Waals surface area contributed by atoms with Gasteiger partial charge in [-0.25, -0.2) is 4.79 Å². The maximum atomic E-state index is 11.8. The predicted octanol–water partition coefficient (Wildman–Crippen LogP) is -0.0881. The Balaban J connectivity index is 2.10. The van der Waals surface area contributed by atoms with Gasteiger partial charge in [0.15, 0.2) is 6.04 Å². The van der Waals surface area contributed by atoms with Crippen LogP contribution in [0.2, 0.25) is 0 Å². The van der Waals surface area contributed by atoms with E-state index >= 15 is 0 Å². The summed E-state index contributed by atoms with van der Waals surface area (Å²) in [5.41, 5.74) is 0.893. The fourth-order valence-corrected chi connectivity index (χ4v) is 1.49. The second kappa shape index (κ2) is 5.93. The summed E-state index contributed by atoms with van der Waals surface area (Å²) < 4.78 is 5.00. The van der Waals surface area contributed by atoms with Crippen molar-refractivity contribution in [2.45, 2.75) is 6.04 Å². The van der Waals surface area contributed by atoms with Crippen molar-refractivity contribution in [3.63, 3.8) is 0 Å². The van der Waals surface area contributed by atoms with Crippen LogP contribution in [-0.2, 0) is 4.79 Å². The summed E-state index contributed by atoms with van der Waals surface area (Å²) in [5.74, 6) is -1.58. The van der Waals surface area contributed by atoms with Crippen LogP contribution in [0.25, 0.3) is 11.5 Å². The van der Waals surface area contributed by atoms with Crippen LogP contribution in [0.1, 0.15) is 10.4 Å². The number of amides is 1. The van der Waals surface area contributed by atoms with Gasteiger partial charge < -0.3 is 19.9 Å². The van der Waals surface area contributed by atoms with Gasteiger partial charge in [-0.2, -0.15) is 0 Å². The van der Waals surface area contributed by atoms with E-state index in [2.05, 4.69) is 15.5 Å². The number of nitrogens with one attached hydrogen (secondary N) is 1. The van der Waals surface area contributed by atoms with Gasteiger partial charge in [-0.1, -0.05) is 0 Å². The van der Waals surface area contributed by atoms with Gasteiger partial charge in [0.2, 0.25) is 12.3 Å². The van der Waals surface area contributed by atoms with Crippen molar-refractivity contribution >= 4 is 11.9 Å². The Hall–Kier alpha value is -2.74. The zero-order chi connectivity index (χ0) is 14.5. The Kier molecular flexibility index (Phi) is 4.06. The van der Waals surface area contributed by atoms with Gasteiger partial charge in [-0.15, -0.1) is 10.2 Å². The van der Waals surface area contributed by atoms with Crippen molar-refractivity contribution < 1.29 is 24.2 Å². The largest absolute Gasteiger partial charge is 0.480 e. The number of hydrogen-bond donors (Lipinski definition) is 3. The second-order valence-electron chi connectivity index (χ2n) is 3.87. The lowest BCUT2D eigenvalue weighted by atomic mass is 10.1. The molecular weight excluding hydrogens is 266 g/mol. The molecule has 1 aromatic heterocycles. The second-order valence-corrected chi connectivity index (χ2v) is 3.87. The molecule has 0 aliphatic carbocycles. The van der Waals surface area contributed by atoms with Gasteiger partial charge in [0.1, 0.15) is 0 Å². The highest BCUT2D eigenvalue weighted by Crippen LogP contribution is 2.16. The van der Waals surface area contributed by atoms with E-state index in [0.29, 0.717) is 11.5 Å². The van der Waals surface area contributed by atoms with Crippen molar-refractivity contribution in [2.24, 2.45) is 0 Å². The molecule has 1 aromatic carbocycles. The van der Waals surface area contributed by atoms with Gasteiger partial charge in [-0.05, 0) is 24.3 Å². The third-order valence-corrected chi connectivity index (χ3v) is 2.54. The monoisotopic (exact) mass is 277 g/mol. The molecule has 1 atom stereocenters. The first-order valence-corrected chi connectivity index (χ1v) is 5.63. The molecule has 0 radical (unpaired) electrons. The van der Waals surface area contributed by atoms with Crippen molar-refractivity contribution in [2.75, 3.05) is 6.61 Å². The fourth-order valence-electron chi connectivity index (χ4n) is 1.49. The Morgan fingerprint density at radius 3 is 2.50 bits per heavy atom. The molecule has 2 rings (SSSR count). The molecular formula is C12H11N3O5. The number of carboxylic acid groups (broad SMARTS) is 1. The molecule has 3 N–H and O–H groups in total. The lowest BCUT2D eigenvalue weighted by molar-refractivity contribution is -0.140. The number of hydrogen-bond acceptors (Lipinski definition) is 6. The SMILES string of the molecule is O=C(N[C@@H](CO)C(=O)O)c1ccc(-c2nnco2)cc1. The number of carboxylic acids is 1. The topological polar surface area (TPSA) is 126 Å². The zero-order valence-corrected chi connectivity index (χ0v) is 10.2. The van der Waals surface area contributed by atoms with Crippen molar-refractivity contribution in [1.29, 1.82) is 0 Å². The highest BCUT2D eigenvalue weighted by Gasteiger charge is 2.19. The van der Waals surface area contributed by atoms with Crippen LogP contribution in [0.15, 0.2) is 35.1 Å². The Morgan fingerprint density at radius 2 is 2.00 bits per heavy atom. The van der Waals surface area contributed by atoms with Crippen molar-refractivity contribution in [3.8, 4) is 11.5 Å². The van der Waals surface area contributed by atoms with Gasteiger partial charge >= 0.3 is 5.97 Å². The summed E-state index contributed by atoms with van der Waals surface area (Å²) >= 11 is 0. The molecule has 20 heavy (non-hydrogen) atoms. The van der Waals surface area contributed by atoms with E-state index in [-0.39, 0.29) is 5.56 Å². The molecule has 0 bridgehead atoms. The standard InChI is InChI=1S/C12H11N3O5/c16-5-9(12(18)19)14-10(17)7-1-3-8(4-2-7)11-15-13-6-20-11/h1-4,6,9,16H,5H2,(H,14,17)(H,18,19)/t9-/m0/s1. The van der Waals surface area contributed by atoms with Gasteiger partial charge in [0.05, 0.1) is 6.61 Å². The number of aliphatic hydroxyl groups excluding tert-OH is 1. The molecule has 0 saturated heterocycles. The third-order valence-electron chi connectivity index (χ3n) is 2.54. The van der Waals surface area contributed by atoms with Crippen molar-refractivity contribution in [1.82, 2.24) is 15.5 Å². The van der Waals surface area contributed by atoms with E-state index in [4.69, 9.17) is 14.6 Å². The molecule has 1 heterocycles. The molecule has 0 saturated carbocycles. The van der Waals surface area contributed by atoms with E-state index in [1.54, 1.807) is 12.1 Å². The minimum Gasteiger partial charge on any atom is -0.480 e. The number of aliphatic hydroxyl groups is 1. The van der Waals surface area contributed by atoms with Gasteiger partial charge in [0, 0.05) is 11.1 Å². The first kappa shape index (κ1) is 13.7. The molecule has 0 aliphatic heterocycles. The van der Waals surface area contributed by atoms with Crippen LogP contribution < -0.4 is 5.32 Å². The van der Waals surface area contributed by atoms with Gasteiger partial charge in [-0.3, -0.25) is 4.79 Å². The quantitative estimate of drug-likeness (QED) is 0.697. The number of rotatable bonds is 5. The Bertz CT molecular complexity index is 594. The van der Waals surface area contributed by atoms with Crippen LogP contribution in [0, 0.1) is 0 Å². The van der Waals surface area contributed by atoms with E-state index in [1.807, 2.05) is 0 Å². The average Bonchev–Trinajstić information content (AvgIpc) is 2.98. The van der Waals surface area contributed by atoms with E-state index in [9.17, 15) is 9.59 Å². The maximum Gasteiger partial charge on any atom is 0.328 e. The number of nitrogens with zero attached hydrogens (tertiary/aromatic N) is 2. The van der Waals surface area contributed by atoms with Crippen LogP contribution in [0.3, 0.4) is 0 Å². The summed E-state index contributed by atoms with van der Waals surface area (Å²) in [6, 6.07) is 4.84.